The number of amides is 1. The maximum Gasteiger partial charge on any atom is 0.240 e. The second kappa shape index (κ2) is 8.74. The summed E-state index contributed by atoms with van der Waals surface area (Å²) in [5, 5.41) is 2.55. The van der Waals surface area contributed by atoms with Crippen molar-refractivity contribution in [3.63, 3.8) is 0 Å². The summed E-state index contributed by atoms with van der Waals surface area (Å²) in [6.45, 7) is 1.39. The molecule has 2 rings (SSSR count). The molecule has 0 aliphatic heterocycles. The number of nitrogens with one attached hydrogen (secondary N) is 2. The van der Waals surface area contributed by atoms with E-state index in [1.165, 1.54) is 46.5 Å². The summed E-state index contributed by atoms with van der Waals surface area (Å²) in [5.41, 5.74) is 0.978. The first-order valence-corrected chi connectivity index (χ1v) is 9.45. The van der Waals surface area contributed by atoms with E-state index in [-0.39, 0.29) is 23.0 Å². The average Bonchev–Trinajstić information content (AvgIpc) is 2.65. The number of methoxy groups -OCH3 is 3. The molecule has 9 heteroatoms. The smallest absolute Gasteiger partial charge is 0.240 e. The average molecular weight is 394 g/mol. The molecule has 2 aromatic carbocycles. The van der Waals surface area contributed by atoms with Crippen molar-refractivity contribution in [2.45, 2.75) is 18.4 Å². The third kappa shape index (κ3) is 5.11. The molecule has 0 saturated heterocycles. The van der Waals surface area contributed by atoms with Crippen LogP contribution in [0.25, 0.3) is 0 Å². The minimum Gasteiger partial charge on any atom is -0.495 e. The quantitative estimate of drug-likeness (QED) is 0.711. The Hall–Kier alpha value is -2.78. The van der Waals surface area contributed by atoms with Crippen molar-refractivity contribution in [2.75, 3.05) is 26.6 Å². The topological polar surface area (TPSA) is 103 Å². The summed E-state index contributed by atoms with van der Waals surface area (Å²) in [5.74, 6) is 1.09. The van der Waals surface area contributed by atoms with Gasteiger partial charge in [0.05, 0.1) is 31.9 Å². The lowest BCUT2D eigenvalue weighted by Gasteiger charge is -2.13. The van der Waals surface area contributed by atoms with E-state index in [2.05, 4.69) is 10.0 Å². The first-order valence-electron chi connectivity index (χ1n) is 7.97. The van der Waals surface area contributed by atoms with Gasteiger partial charge in [0.25, 0.3) is 0 Å². The molecule has 0 fully saturated rings. The van der Waals surface area contributed by atoms with Crippen LogP contribution in [0.5, 0.6) is 17.2 Å². The van der Waals surface area contributed by atoms with Crippen molar-refractivity contribution in [2.24, 2.45) is 0 Å². The number of benzene rings is 2. The molecule has 2 N–H and O–H groups in total. The van der Waals surface area contributed by atoms with Gasteiger partial charge in [-0.3, -0.25) is 4.79 Å². The van der Waals surface area contributed by atoms with E-state index in [1.54, 1.807) is 18.2 Å². The first kappa shape index (κ1) is 20.5. The van der Waals surface area contributed by atoms with Gasteiger partial charge in [-0.05, 0) is 35.9 Å². The lowest BCUT2D eigenvalue weighted by atomic mass is 10.2. The predicted molar refractivity (Wildman–Crippen MR) is 101 cm³/mol. The number of carbonyl (C=O) groups excluding carboxylic acids is 1. The molecule has 0 saturated carbocycles. The van der Waals surface area contributed by atoms with Crippen molar-refractivity contribution in [1.29, 1.82) is 0 Å². The molecular formula is C18H22N2O6S. The van der Waals surface area contributed by atoms with Crippen molar-refractivity contribution >= 4 is 21.6 Å². The third-order valence-corrected chi connectivity index (χ3v) is 5.11. The zero-order chi connectivity index (χ0) is 20.0. The number of hydrogen-bond donors (Lipinski definition) is 2. The number of carbonyl (C=O) groups is 1. The Kier molecular flexibility index (Phi) is 6.65. The van der Waals surface area contributed by atoms with E-state index in [0.29, 0.717) is 22.8 Å². The van der Waals surface area contributed by atoms with Gasteiger partial charge in [0.2, 0.25) is 15.9 Å². The molecule has 0 spiro atoms. The number of ether oxygens (including phenoxy) is 3. The second-order valence-corrected chi connectivity index (χ2v) is 7.32. The molecule has 2 aromatic rings. The zero-order valence-corrected chi connectivity index (χ0v) is 16.3. The van der Waals surface area contributed by atoms with Crippen LogP contribution < -0.4 is 24.2 Å². The molecule has 0 aliphatic rings. The van der Waals surface area contributed by atoms with Crippen LogP contribution in [-0.4, -0.2) is 35.7 Å². The Balaban J connectivity index is 2.22. The van der Waals surface area contributed by atoms with Crippen LogP contribution in [0.3, 0.4) is 0 Å². The molecule has 0 aromatic heterocycles. The number of hydrogen-bond acceptors (Lipinski definition) is 6. The minimum atomic E-state index is -3.81. The lowest BCUT2D eigenvalue weighted by molar-refractivity contribution is -0.114. The zero-order valence-electron chi connectivity index (χ0n) is 15.5. The van der Waals surface area contributed by atoms with Gasteiger partial charge in [-0.1, -0.05) is 6.07 Å². The van der Waals surface area contributed by atoms with Gasteiger partial charge in [0, 0.05) is 13.5 Å². The third-order valence-electron chi connectivity index (χ3n) is 3.71. The molecule has 1 amide bonds. The van der Waals surface area contributed by atoms with Gasteiger partial charge in [0.15, 0.2) is 11.5 Å². The summed E-state index contributed by atoms with van der Waals surface area (Å²) < 4.78 is 43.2. The van der Waals surface area contributed by atoms with Gasteiger partial charge < -0.3 is 19.5 Å². The summed E-state index contributed by atoms with van der Waals surface area (Å²) >= 11 is 0. The molecule has 0 atom stereocenters. The highest BCUT2D eigenvalue weighted by Crippen LogP contribution is 2.29. The maximum absolute atomic E-state index is 12.6. The second-order valence-electron chi connectivity index (χ2n) is 5.56. The summed E-state index contributed by atoms with van der Waals surface area (Å²) in [4.78, 5) is 11.3. The highest BCUT2D eigenvalue weighted by atomic mass is 32.2. The predicted octanol–water partition coefficient (Wildman–Crippen LogP) is 2.15. The molecule has 146 valence electrons. The van der Waals surface area contributed by atoms with Crippen LogP contribution in [0, 0.1) is 0 Å². The van der Waals surface area contributed by atoms with Crippen LogP contribution in [0.4, 0.5) is 5.69 Å². The minimum absolute atomic E-state index is 0.00697. The Bertz CT molecular complexity index is 927. The number of sulfonamides is 1. The number of anilines is 1. The van der Waals surface area contributed by atoms with E-state index in [4.69, 9.17) is 14.2 Å². The SMILES string of the molecule is COc1ccc(S(=O)(=O)NCc2ccc(OC)c(OC)c2)cc1NC(C)=O. The van der Waals surface area contributed by atoms with Crippen LogP contribution in [-0.2, 0) is 21.4 Å². The van der Waals surface area contributed by atoms with Crippen LogP contribution in [0.1, 0.15) is 12.5 Å². The van der Waals surface area contributed by atoms with E-state index in [9.17, 15) is 13.2 Å². The van der Waals surface area contributed by atoms with Gasteiger partial charge in [-0.25, -0.2) is 13.1 Å². The molecular weight excluding hydrogens is 372 g/mol. The van der Waals surface area contributed by atoms with Crippen LogP contribution in [0.15, 0.2) is 41.3 Å². The molecule has 0 heterocycles. The normalized spacial score (nSPS) is 11.0. The molecule has 0 radical (unpaired) electrons. The fraction of sp³-hybridized carbons (Fsp3) is 0.278. The molecule has 0 aliphatic carbocycles. The summed E-state index contributed by atoms with van der Waals surface area (Å²) in [6.07, 6.45) is 0. The van der Waals surface area contributed by atoms with E-state index < -0.39 is 10.0 Å². The summed E-state index contributed by atoms with van der Waals surface area (Å²) in [6, 6.07) is 9.36. The van der Waals surface area contributed by atoms with Gasteiger partial charge in [-0.2, -0.15) is 0 Å². The van der Waals surface area contributed by atoms with Crippen LogP contribution in [0.2, 0.25) is 0 Å². The van der Waals surface area contributed by atoms with Crippen molar-refractivity contribution < 1.29 is 27.4 Å². The Morgan fingerprint density at radius 2 is 1.56 bits per heavy atom. The van der Waals surface area contributed by atoms with Crippen LogP contribution >= 0.6 is 0 Å². The van der Waals surface area contributed by atoms with E-state index in [0.717, 1.165) is 0 Å². The molecule has 8 nitrogen and oxygen atoms in total. The standard InChI is InChI=1S/C18H22N2O6S/c1-12(21)20-15-10-14(6-8-16(15)24-2)27(22,23)19-11-13-5-7-17(25-3)18(9-13)26-4/h5-10,19H,11H2,1-4H3,(H,20,21). The monoisotopic (exact) mass is 394 g/mol. The molecule has 27 heavy (non-hydrogen) atoms. The van der Waals surface area contributed by atoms with E-state index >= 15 is 0 Å². The van der Waals surface area contributed by atoms with E-state index in [1.807, 2.05) is 0 Å². The largest absolute Gasteiger partial charge is 0.495 e. The Labute approximate surface area is 158 Å². The highest BCUT2D eigenvalue weighted by Gasteiger charge is 2.17. The Morgan fingerprint density at radius 1 is 0.926 bits per heavy atom. The molecule has 0 unspecified atom stereocenters. The first-order chi connectivity index (χ1) is 12.8. The van der Waals surface area contributed by atoms with Crippen molar-refractivity contribution in [1.82, 2.24) is 4.72 Å². The Morgan fingerprint density at radius 3 is 2.15 bits per heavy atom. The van der Waals surface area contributed by atoms with Gasteiger partial charge in [-0.15, -0.1) is 0 Å². The van der Waals surface area contributed by atoms with Gasteiger partial charge >= 0.3 is 0 Å². The maximum atomic E-state index is 12.6. The van der Waals surface area contributed by atoms with Crippen molar-refractivity contribution in [3.05, 3.63) is 42.0 Å². The fourth-order valence-corrected chi connectivity index (χ4v) is 3.44. The molecule has 0 bridgehead atoms. The van der Waals surface area contributed by atoms with Crippen molar-refractivity contribution in [3.8, 4) is 17.2 Å². The highest BCUT2D eigenvalue weighted by molar-refractivity contribution is 7.89. The summed E-state index contributed by atoms with van der Waals surface area (Å²) in [7, 11) is 0.660. The lowest BCUT2D eigenvalue weighted by Crippen LogP contribution is -2.23. The number of rotatable bonds is 8. The van der Waals surface area contributed by atoms with Gasteiger partial charge in [0.1, 0.15) is 5.75 Å². The fourth-order valence-electron chi connectivity index (χ4n) is 2.39.